The highest BCUT2D eigenvalue weighted by Gasteiger charge is 2.49. The molecule has 0 radical (unpaired) electrons. The van der Waals surface area contributed by atoms with Crippen molar-refractivity contribution in [2.75, 3.05) is 18.4 Å². The first-order valence-corrected chi connectivity index (χ1v) is 14.1. The lowest BCUT2D eigenvalue weighted by Gasteiger charge is -2.35. The zero-order chi connectivity index (χ0) is 30.1. The van der Waals surface area contributed by atoms with E-state index in [1.54, 1.807) is 43.9 Å². The number of hydrogen-bond donors (Lipinski definition) is 2. The number of likely N-dealkylation sites (tertiary alicyclic amines) is 1. The van der Waals surface area contributed by atoms with Crippen molar-refractivity contribution in [3.05, 3.63) is 100 Å². The van der Waals surface area contributed by atoms with Gasteiger partial charge in [0.25, 0.3) is 5.91 Å². The minimum absolute atomic E-state index is 0.123. The average Bonchev–Trinajstić information content (AvgIpc) is 3.36. The van der Waals surface area contributed by atoms with E-state index in [1.165, 1.54) is 24.3 Å². The van der Waals surface area contributed by atoms with Gasteiger partial charge in [0.15, 0.2) is 5.60 Å². The monoisotopic (exact) mass is 589 g/mol. The predicted molar refractivity (Wildman–Crippen MR) is 157 cm³/mol. The summed E-state index contributed by atoms with van der Waals surface area (Å²) >= 11 is 6.26. The maximum absolute atomic E-state index is 13.9. The normalized spacial score (nSPS) is 18.5. The van der Waals surface area contributed by atoms with Crippen LogP contribution in [0.15, 0.2) is 72.8 Å². The molecule has 1 saturated heterocycles. The van der Waals surface area contributed by atoms with Crippen LogP contribution in [0.4, 0.5) is 10.5 Å². The van der Waals surface area contributed by atoms with Crippen molar-refractivity contribution in [1.29, 1.82) is 0 Å². The zero-order valence-electron chi connectivity index (χ0n) is 23.6. The molecule has 5 rings (SSSR count). The summed E-state index contributed by atoms with van der Waals surface area (Å²) in [7, 11) is 0. The fourth-order valence-corrected chi connectivity index (χ4v) is 5.42. The molecule has 3 aromatic carbocycles. The van der Waals surface area contributed by atoms with Crippen LogP contribution in [0.1, 0.15) is 59.0 Å². The molecule has 0 bridgehead atoms. The lowest BCUT2D eigenvalue weighted by Crippen LogP contribution is -2.50. The number of nitrogens with one attached hydrogen (secondary N) is 2. The number of rotatable bonds is 6. The minimum atomic E-state index is -1.04. The molecule has 42 heavy (non-hydrogen) atoms. The zero-order valence-corrected chi connectivity index (χ0v) is 24.4. The Morgan fingerprint density at radius 1 is 1.05 bits per heavy atom. The second-order valence-electron chi connectivity index (χ2n) is 11.5. The third-order valence-electron chi connectivity index (χ3n) is 7.21. The predicted octanol–water partition coefficient (Wildman–Crippen LogP) is 5.33. The summed E-state index contributed by atoms with van der Waals surface area (Å²) in [6.07, 6.45) is 0.0508. The molecular weight excluding hydrogens is 558 g/mol. The van der Waals surface area contributed by atoms with E-state index in [0.29, 0.717) is 40.4 Å². The van der Waals surface area contributed by atoms with Gasteiger partial charge in [0.05, 0.1) is 17.8 Å². The first kappa shape index (κ1) is 29.1. The number of halogens is 1. The molecule has 2 N–H and O–H groups in total. The quantitative estimate of drug-likeness (QED) is 0.376. The van der Waals surface area contributed by atoms with Gasteiger partial charge in [-0.3, -0.25) is 14.9 Å². The van der Waals surface area contributed by atoms with Crippen LogP contribution in [-0.2, 0) is 26.3 Å². The Hall–Kier alpha value is -4.37. The molecule has 2 aliphatic heterocycles. The van der Waals surface area contributed by atoms with Crippen molar-refractivity contribution in [3.63, 3.8) is 0 Å². The summed E-state index contributed by atoms with van der Waals surface area (Å²) in [6.45, 7) is 5.79. The number of carbonyl (C=O) groups is 4. The topological polar surface area (TPSA) is 114 Å². The third kappa shape index (κ3) is 6.41. The SMILES string of the molecule is CC(C)(C)OC(=O)c1ccc(C(=O)N[C@@H](Cc2ccccc2)C(=O)N2CCC3(C2)OC(=O)Nc2ccc(Cl)cc23)cc1. The van der Waals surface area contributed by atoms with Crippen LogP contribution in [0.3, 0.4) is 0 Å². The molecule has 3 aromatic rings. The van der Waals surface area contributed by atoms with E-state index in [0.717, 1.165) is 5.56 Å². The Bertz CT molecular complexity index is 1520. The number of carbonyl (C=O) groups excluding carboxylic acids is 4. The standard InChI is InChI=1S/C32H32ClN3O6/c1-31(2,3)41-29(39)22-11-9-21(10-12-22)27(37)34-26(17-20-7-5-4-6-8-20)28(38)36-16-15-32(19-36)24-18-23(33)13-14-25(24)35-30(40)42-32/h4-14,18,26H,15-17,19H2,1-3H3,(H,34,37)(H,35,40)/t26-,32?/m0/s1. The van der Waals surface area contributed by atoms with E-state index >= 15 is 0 Å². The van der Waals surface area contributed by atoms with E-state index in [9.17, 15) is 19.2 Å². The van der Waals surface area contributed by atoms with Gasteiger partial charge in [-0.1, -0.05) is 41.9 Å². The van der Waals surface area contributed by atoms with Gasteiger partial charge in [0, 0.05) is 35.5 Å². The lowest BCUT2D eigenvalue weighted by atomic mass is 9.90. The Balaban J connectivity index is 1.35. The summed E-state index contributed by atoms with van der Waals surface area (Å²) in [5.41, 5.74) is 1.09. The van der Waals surface area contributed by atoms with E-state index < -0.39 is 35.2 Å². The van der Waals surface area contributed by atoms with Gasteiger partial charge in [0.1, 0.15) is 11.6 Å². The maximum Gasteiger partial charge on any atom is 0.412 e. The van der Waals surface area contributed by atoms with Crippen molar-refractivity contribution in [3.8, 4) is 0 Å². The summed E-state index contributed by atoms with van der Waals surface area (Å²) in [4.78, 5) is 53.7. The molecule has 10 heteroatoms. The molecule has 218 valence electrons. The smallest absolute Gasteiger partial charge is 0.412 e. The number of anilines is 1. The van der Waals surface area contributed by atoms with Crippen LogP contribution in [0.25, 0.3) is 0 Å². The number of nitrogens with zero attached hydrogens (tertiary/aromatic N) is 1. The Morgan fingerprint density at radius 2 is 1.74 bits per heavy atom. The molecule has 0 aromatic heterocycles. The first-order valence-electron chi connectivity index (χ1n) is 13.7. The van der Waals surface area contributed by atoms with E-state index in [2.05, 4.69) is 10.6 Å². The highest BCUT2D eigenvalue weighted by molar-refractivity contribution is 6.30. The molecule has 2 aliphatic rings. The number of benzene rings is 3. The second kappa shape index (κ2) is 11.5. The van der Waals surface area contributed by atoms with Crippen LogP contribution in [0.2, 0.25) is 5.02 Å². The Morgan fingerprint density at radius 3 is 2.43 bits per heavy atom. The Labute approximate surface area is 249 Å². The lowest BCUT2D eigenvalue weighted by molar-refractivity contribution is -0.133. The van der Waals surface area contributed by atoms with E-state index in [-0.39, 0.29) is 18.9 Å². The van der Waals surface area contributed by atoms with Crippen molar-refractivity contribution in [2.24, 2.45) is 0 Å². The molecule has 1 fully saturated rings. The van der Waals surface area contributed by atoms with Gasteiger partial charge in [-0.15, -0.1) is 0 Å². The first-order chi connectivity index (χ1) is 19.9. The molecule has 0 aliphatic carbocycles. The maximum atomic E-state index is 13.9. The van der Waals surface area contributed by atoms with Crippen molar-refractivity contribution in [2.45, 2.75) is 50.9 Å². The number of esters is 1. The minimum Gasteiger partial charge on any atom is -0.456 e. The molecule has 9 nitrogen and oxygen atoms in total. The summed E-state index contributed by atoms with van der Waals surface area (Å²) < 4.78 is 11.2. The van der Waals surface area contributed by atoms with Gasteiger partial charge < -0.3 is 19.7 Å². The molecule has 2 heterocycles. The fraction of sp³-hybridized carbons (Fsp3) is 0.312. The average molecular weight is 590 g/mol. The number of hydrogen-bond acceptors (Lipinski definition) is 6. The number of ether oxygens (including phenoxy) is 2. The van der Waals surface area contributed by atoms with Gasteiger partial charge in [-0.25, -0.2) is 9.59 Å². The van der Waals surface area contributed by atoms with Gasteiger partial charge in [-0.05, 0) is 68.8 Å². The van der Waals surface area contributed by atoms with Crippen molar-refractivity contribution >= 4 is 41.2 Å². The Kier molecular flexibility index (Phi) is 7.97. The molecule has 0 saturated carbocycles. The fourth-order valence-electron chi connectivity index (χ4n) is 5.25. The van der Waals surface area contributed by atoms with Crippen LogP contribution >= 0.6 is 11.6 Å². The molecule has 2 atom stereocenters. The molecule has 1 spiro atoms. The molecule has 1 unspecified atom stereocenters. The third-order valence-corrected chi connectivity index (χ3v) is 7.44. The highest BCUT2D eigenvalue weighted by Crippen LogP contribution is 2.43. The van der Waals surface area contributed by atoms with E-state index in [1.807, 2.05) is 30.3 Å². The van der Waals surface area contributed by atoms with Crippen molar-refractivity contribution < 1.29 is 28.7 Å². The van der Waals surface area contributed by atoms with Crippen LogP contribution in [0, 0.1) is 0 Å². The molecular formula is C32H32ClN3O6. The van der Waals surface area contributed by atoms with Crippen LogP contribution in [0.5, 0.6) is 0 Å². The van der Waals surface area contributed by atoms with Gasteiger partial charge in [0.2, 0.25) is 5.91 Å². The van der Waals surface area contributed by atoms with Gasteiger partial charge in [-0.2, -0.15) is 0 Å². The summed E-state index contributed by atoms with van der Waals surface area (Å²) in [5, 5.41) is 6.07. The van der Waals surface area contributed by atoms with Crippen LogP contribution in [-0.4, -0.2) is 53.5 Å². The van der Waals surface area contributed by atoms with Crippen molar-refractivity contribution in [1.82, 2.24) is 10.2 Å². The summed E-state index contributed by atoms with van der Waals surface area (Å²) in [6, 6.07) is 19.7. The highest BCUT2D eigenvalue weighted by atomic mass is 35.5. The molecule has 3 amide bonds. The van der Waals surface area contributed by atoms with Gasteiger partial charge >= 0.3 is 12.1 Å². The summed E-state index contributed by atoms with van der Waals surface area (Å²) in [5.74, 6) is -1.25. The largest absolute Gasteiger partial charge is 0.456 e. The number of amides is 3. The van der Waals surface area contributed by atoms with Crippen LogP contribution < -0.4 is 10.6 Å². The second-order valence-corrected chi connectivity index (χ2v) is 11.9. The number of fused-ring (bicyclic) bond motifs is 2. The van der Waals surface area contributed by atoms with E-state index in [4.69, 9.17) is 21.1 Å².